The molecule has 1 aromatic carbocycles. The molecule has 1 aromatic rings. The minimum atomic E-state index is -0.131. The molecule has 1 heterocycles. The van der Waals surface area contributed by atoms with Crippen LogP contribution in [0.1, 0.15) is 23.6 Å². The lowest BCUT2D eigenvalue weighted by Crippen LogP contribution is -2.25. The van der Waals surface area contributed by atoms with Crippen LogP contribution < -0.4 is 5.73 Å². The molecule has 0 aliphatic carbocycles. The van der Waals surface area contributed by atoms with Gasteiger partial charge in [-0.05, 0) is 56.6 Å². The summed E-state index contributed by atoms with van der Waals surface area (Å²) in [5, 5.41) is 0. The monoisotopic (exact) mass is 222 g/mol. The molecule has 1 saturated heterocycles. The third-order valence-electron chi connectivity index (χ3n) is 3.60. The normalized spacial score (nSPS) is 26.2. The van der Waals surface area contributed by atoms with E-state index < -0.39 is 0 Å². The lowest BCUT2D eigenvalue weighted by Gasteiger charge is -2.25. The largest absolute Gasteiger partial charge is 0.330 e. The number of likely N-dealkylation sites (tertiary alicyclic amines) is 1. The van der Waals surface area contributed by atoms with Crippen LogP contribution >= 0.6 is 0 Å². The van der Waals surface area contributed by atoms with E-state index in [1.807, 2.05) is 19.1 Å². The fourth-order valence-corrected chi connectivity index (χ4v) is 2.65. The standard InChI is InChI=1S/C13H19FN2/c1-9-7-10(3-4-12(9)14)13-11(8-15)5-6-16(13)2/h3-4,7,11,13H,5-6,8,15H2,1-2H3. The van der Waals surface area contributed by atoms with Gasteiger partial charge in [0.05, 0.1) is 0 Å². The molecule has 0 bridgehead atoms. The van der Waals surface area contributed by atoms with E-state index >= 15 is 0 Å². The fraction of sp³-hybridized carbons (Fsp3) is 0.538. The summed E-state index contributed by atoms with van der Waals surface area (Å²) in [7, 11) is 2.11. The van der Waals surface area contributed by atoms with E-state index in [2.05, 4.69) is 11.9 Å². The molecular weight excluding hydrogens is 203 g/mol. The van der Waals surface area contributed by atoms with Crippen molar-refractivity contribution in [3.63, 3.8) is 0 Å². The summed E-state index contributed by atoms with van der Waals surface area (Å²) in [6.07, 6.45) is 1.13. The van der Waals surface area contributed by atoms with E-state index in [1.54, 1.807) is 6.07 Å². The Morgan fingerprint density at radius 1 is 1.50 bits per heavy atom. The van der Waals surface area contributed by atoms with E-state index in [0.717, 1.165) is 13.0 Å². The van der Waals surface area contributed by atoms with Gasteiger partial charge >= 0.3 is 0 Å². The second kappa shape index (κ2) is 4.52. The summed E-state index contributed by atoms with van der Waals surface area (Å²) in [6, 6.07) is 5.75. The van der Waals surface area contributed by atoms with Crippen LogP contribution in [-0.2, 0) is 0 Å². The van der Waals surface area contributed by atoms with Crippen LogP contribution in [0.3, 0.4) is 0 Å². The van der Waals surface area contributed by atoms with Crippen molar-refractivity contribution in [2.24, 2.45) is 11.7 Å². The van der Waals surface area contributed by atoms with Gasteiger partial charge in [-0.1, -0.05) is 12.1 Å². The van der Waals surface area contributed by atoms with Crippen molar-refractivity contribution in [3.05, 3.63) is 35.1 Å². The zero-order chi connectivity index (χ0) is 11.7. The van der Waals surface area contributed by atoms with Crippen LogP contribution in [0.25, 0.3) is 0 Å². The minimum Gasteiger partial charge on any atom is -0.330 e. The average molecular weight is 222 g/mol. The molecule has 2 rings (SSSR count). The molecule has 2 unspecified atom stereocenters. The first kappa shape index (κ1) is 11.6. The topological polar surface area (TPSA) is 29.3 Å². The first-order valence-electron chi connectivity index (χ1n) is 5.80. The number of nitrogens with zero attached hydrogens (tertiary/aromatic N) is 1. The van der Waals surface area contributed by atoms with Crippen molar-refractivity contribution < 1.29 is 4.39 Å². The van der Waals surface area contributed by atoms with Crippen molar-refractivity contribution >= 4 is 0 Å². The Kier molecular flexibility index (Phi) is 3.26. The van der Waals surface area contributed by atoms with Gasteiger partial charge in [-0.3, -0.25) is 4.90 Å². The molecule has 2 nitrogen and oxygen atoms in total. The quantitative estimate of drug-likeness (QED) is 0.830. The van der Waals surface area contributed by atoms with Crippen molar-refractivity contribution in [2.75, 3.05) is 20.1 Å². The fourth-order valence-electron chi connectivity index (χ4n) is 2.65. The van der Waals surface area contributed by atoms with Crippen LogP contribution in [0.15, 0.2) is 18.2 Å². The SMILES string of the molecule is Cc1cc(C2C(CN)CCN2C)ccc1F. The van der Waals surface area contributed by atoms with Crippen molar-refractivity contribution in [2.45, 2.75) is 19.4 Å². The van der Waals surface area contributed by atoms with Gasteiger partial charge in [0.15, 0.2) is 0 Å². The smallest absolute Gasteiger partial charge is 0.126 e. The Balaban J connectivity index is 2.31. The van der Waals surface area contributed by atoms with Crippen molar-refractivity contribution in [1.29, 1.82) is 0 Å². The highest BCUT2D eigenvalue weighted by atomic mass is 19.1. The Hall–Kier alpha value is -0.930. The predicted octanol–water partition coefficient (Wildman–Crippen LogP) is 2.09. The van der Waals surface area contributed by atoms with Gasteiger partial charge in [0.1, 0.15) is 5.82 Å². The second-order valence-corrected chi connectivity index (χ2v) is 4.72. The lowest BCUT2D eigenvalue weighted by molar-refractivity contribution is 0.279. The van der Waals surface area contributed by atoms with Crippen LogP contribution in [0.2, 0.25) is 0 Å². The number of halogens is 1. The molecule has 2 atom stereocenters. The Morgan fingerprint density at radius 3 is 2.88 bits per heavy atom. The molecule has 1 aliphatic heterocycles. The zero-order valence-electron chi connectivity index (χ0n) is 9.91. The zero-order valence-corrected chi connectivity index (χ0v) is 9.91. The summed E-state index contributed by atoms with van der Waals surface area (Å²) < 4.78 is 13.2. The molecule has 0 spiro atoms. The molecule has 0 saturated carbocycles. The second-order valence-electron chi connectivity index (χ2n) is 4.72. The third-order valence-corrected chi connectivity index (χ3v) is 3.60. The highest BCUT2D eigenvalue weighted by molar-refractivity contribution is 5.27. The molecule has 0 aromatic heterocycles. The first-order valence-corrected chi connectivity index (χ1v) is 5.80. The van der Waals surface area contributed by atoms with Gasteiger partial charge in [-0.15, -0.1) is 0 Å². The van der Waals surface area contributed by atoms with E-state index in [1.165, 1.54) is 5.56 Å². The predicted molar refractivity (Wildman–Crippen MR) is 63.7 cm³/mol. The molecule has 3 heteroatoms. The van der Waals surface area contributed by atoms with E-state index in [0.29, 0.717) is 24.1 Å². The molecule has 88 valence electrons. The Morgan fingerprint density at radius 2 is 2.25 bits per heavy atom. The van der Waals surface area contributed by atoms with Gasteiger partial charge in [-0.25, -0.2) is 4.39 Å². The highest BCUT2D eigenvalue weighted by Gasteiger charge is 2.31. The van der Waals surface area contributed by atoms with Gasteiger partial charge in [-0.2, -0.15) is 0 Å². The highest BCUT2D eigenvalue weighted by Crippen LogP contribution is 2.35. The lowest BCUT2D eigenvalue weighted by atomic mass is 9.93. The van der Waals surface area contributed by atoms with Crippen LogP contribution in [0, 0.1) is 18.7 Å². The van der Waals surface area contributed by atoms with Crippen molar-refractivity contribution in [1.82, 2.24) is 4.90 Å². The maximum atomic E-state index is 13.2. The number of nitrogens with two attached hydrogens (primary N) is 1. The first-order chi connectivity index (χ1) is 7.63. The Bertz CT molecular complexity index is 378. The van der Waals surface area contributed by atoms with Gasteiger partial charge in [0, 0.05) is 6.04 Å². The molecule has 2 N–H and O–H groups in total. The molecule has 0 amide bonds. The van der Waals surface area contributed by atoms with Crippen LogP contribution in [-0.4, -0.2) is 25.0 Å². The van der Waals surface area contributed by atoms with Gasteiger partial charge in [0.2, 0.25) is 0 Å². The average Bonchev–Trinajstić information content (AvgIpc) is 2.64. The van der Waals surface area contributed by atoms with E-state index in [9.17, 15) is 4.39 Å². The molecule has 1 aliphatic rings. The summed E-state index contributed by atoms with van der Waals surface area (Å²) in [5.41, 5.74) is 7.70. The minimum absolute atomic E-state index is 0.131. The number of benzene rings is 1. The maximum Gasteiger partial charge on any atom is 0.126 e. The van der Waals surface area contributed by atoms with Gasteiger partial charge in [0.25, 0.3) is 0 Å². The number of hydrogen-bond acceptors (Lipinski definition) is 2. The maximum absolute atomic E-state index is 13.2. The Labute approximate surface area is 96.2 Å². The van der Waals surface area contributed by atoms with E-state index in [4.69, 9.17) is 5.73 Å². The summed E-state index contributed by atoms with van der Waals surface area (Å²) in [4.78, 5) is 2.31. The van der Waals surface area contributed by atoms with E-state index in [-0.39, 0.29) is 5.82 Å². The van der Waals surface area contributed by atoms with Gasteiger partial charge < -0.3 is 5.73 Å². The number of hydrogen-bond donors (Lipinski definition) is 1. The number of aryl methyl sites for hydroxylation is 1. The summed E-state index contributed by atoms with van der Waals surface area (Å²) in [6.45, 7) is 3.58. The van der Waals surface area contributed by atoms with Crippen molar-refractivity contribution in [3.8, 4) is 0 Å². The summed E-state index contributed by atoms with van der Waals surface area (Å²) in [5.74, 6) is 0.364. The molecule has 1 fully saturated rings. The van der Waals surface area contributed by atoms with Crippen LogP contribution in [0.5, 0.6) is 0 Å². The molecular formula is C13H19FN2. The summed E-state index contributed by atoms with van der Waals surface area (Å²) >= 11 is 0. The molecule has 16 heavy (non-hydrogen) atoms. The molecule has 0 radical (unpaired) electrons. The van der Waals surface area contributed by atoms with Crippen LogP contribution in [0.4, 0.5) is 4.39 Å². The third kappa shape index (κ3) is 1.97. The number of rotatable bonds is 2.